The predicted molar refractivity (Wildman–Crippen MR) is 99.9 cm³/mol. The van der Waals surface area contributed by atoms with Crippen LogP contribution in [0.3, 0.4) is 0 Å². The van der Waals surface area contributed by atoms with Gasteiger partial charge in [-0.3, -0.25) is 4.79 Å². The van der Waals surface area contributed by atoms with Crippen LogP contribution in [-0.4, -0.2) is 48.7 Å². The number of nitrogens with zero attached hydrogens (tertiary/aromatic N) is 2. The highest BCUT2D eigenvalue weighted by Crippen LogP contribution is 2.50. The molecule has 3 amide bonds. The van der Waals surface area contributed by atoms with Crippen molar-refractivity contribution in [1.82, 2.24) is 15.3 Å². The lowest BCUT2D eigenvalue weighted by molar-refractivity contribution is -0.143. The second-order valence-electron chi connectivity index (χ2n) is 7.15. The fraction of sp³-hybridized carbons (Fsp3) is 0.600. The molecule has 1 aliphatic heterocycles. The molecule has 0 aromatic heterocycles. The number of unbranched alkanes of at least 4 members (excludes halogenated alkanes) is 2. The molecule has 6 heteroatoms. The van der Waals surface area contributed by atoms with Crippen LogP contribution in [0.2, 0.25) is 0 Å². The minimum atomic E-state index is -0.475. The Morgan fingerprint density at radius 1 is 1.12 bits per heavy atom. The van der Waals surface area contributed by atoms with Gasteiger partial charge in [-0.15, -0.1) is 0 Å². The first-order chi connectivity index (χ1) is 12.6. The number of hydrogen-bond donors (Lipinski definition) is 1. The maximum absolute atomic E-state index is 13.2. The van der Waals surface area contributed by atoms with Crippen molar-refractivity contribution in [2.24, 2.45) is 0 Å². The van der Waals surface area contributed by atoms with Crippen LogP contribution in [-0.2, 0) is 10.2 Å². The zero-order valence-electron chi connectivity index (χ0n) is 15.8. The maximum Gasteiger partial charge on any atom is 0.336 e. The van der Waals surface area contributed by atoms with Crippen molar-refractivity contribution < 1.29 is 14.3 Å². The molecule has 1 heterocycles. The van der Waals surface area contributed by atoms with Gasteiger partial charge in [-0.05, 0) is 43.4 Å². The van der Waals surface area contributed by atoms with E-state index < -0.39 is 5.41 Å². The highest BCUT2D eigenvalue weighted by molar-refractivity contribution is 5.93. The van der Waals surface area contributed by atoms with Crippen molar-refractivity contribution in [2.75, 3.05) is 26.7 Å². The number of methoxy groups -OCH3 is 1. The topological polar surface area (TPSA) is 61.9 Å². The summed E-state index contributed by atoms with van der Waals surface area (Å²) < 4.78 is 5.21. The standard InChI is InChI=1S/C20H29N3O3/c1-3-4-5-13-21-19(25)23-15-6-14-22(23)18(24)20(11-12-20)16-7-9-17(26-2)10-8-16/h7-10H,3-6,11-15H2,1-2H3,(H,21,25). The van der Waals surface area contributed by atoms with Gasteiger partial charge in [0.15, 0.2) is 0 Å². The van der Waals surface area contributed by atoms with Gasteiger partial charge in [-0.25, -0.2) is 14.8 Å². The summed E-state index contributed by atoms with van der Waals surface area (Å²) in [5, 5.41) is 6.20. The minimum absolute atomic E-state index is 0.0453. The number of amides is 3. The Bertz CT molecular complexity index is 640. The van der Waals surface area contributed by atoms with Crippen LogP contribution in [0.15, 0.2) is 24.3 Å². The maximum atomic E-state index is 13.2. The Morgan fingerprint density at radius 2 is 1.81 bits per heavy atom. The molecule has 0 atom stereocenters. The van der Waals surface area contributed by atoms with Crippen molar-refractivity contribution in [1.29, 1.82) is 0 Å². The smallest absolute Gasteiger partial charge is 0.336 e. The van der Waals surface area contributed by atoms with Gasteiger partial charge in [0.25, 0.3) is 5.91 Å². The van der Waals surface area contributed by atoms with Crippen LogP contribution in [0, 0.1) is 0 Å². The van der Waals surface area contributed by atoms with Crippen LogP contribution in [0.1, 0.15) is 51.0 Å². The lowest BCUT2D eigenvalue weighted by Crippen LogP contribution is -2.52. The molecule has 0 bridgehead atoms. The molecule has 2 aliphatic rings. The molecule has 1 N–H and O–H groups in total. The molecule has 0 radical (unpaired) electrons. The molecule has 6 nitrogen and oxygen atoms in total. The predicted octanol–water partition coefficient (Wildman–Crippen LogP) is 3.08. The quantitative estimate of drug-likeness (QED) is 0.761. The van der Waals surface area contributed by atoms with Crippen molar-refractivity contribution in [3.05, 3.63) is 29.8 Å². The molecule has 142 valence electrons. The second-order valence-corrected chi connectivity index (χ2v) is 7.15. The largest absolute Gasteiger partial charge is 0.497 e. The van der Waals surface area contributed by atoms with Gasteiger partial charge in [0, 0.05) is 19.6 Å². The van der Waals surface area contributed by atoms with Crippen molar-refractivity contribution in [3.8, 4) is 5.75 Å². The summed E-state index contributed by atoms with van der Waals surface area (Å²) in [6.45, 7) is 4.01. The van der Waals surface area contributed by atoms with Crippen LogP contribution in [0.25, 0.3) is 0 Å². The fourth-order valence-corrected chi connectivity index (χ4v) is 3.60. The normalized spacial score (nSPS) is 17.9. The number of benzene rings is 1. The molecule has 1 saturated carbocycles. The number of urea groups is 1. The van der Waals surface area contributed by atoms with Crippen LogP contribution in [0.5, 0.6) is 5.75 Å². The summed E-state index contributed by atoms with van der Waals surface area (Å²) in [5.74, 6) is 0.829. The Kier molecular flexibility index (Phi) is 5.69. The van der Waals surface area contributed by atoms with E-state index in [0.717, 1.165) is 49.8 Å². The summed E-state index contributed by atoms with van der Waals surface area (Å²) in [6, 6.07) is 7.57. The van der Waals surface area contributed by atoms with E-state index in [4.69, 9.17) is 4.74 Å². The van der Waals surface area contributed by atoms with Gasteiger partial charge in [-0.1, -0.05) is 31.9 Å². The Balaban J connectivity index is 1.66. The summed E-state index contributed by atoms with van der Waals surface area (Å²) in [6.07, 6.45) is 5.69. The Morgan fingerprint density at radius 3 is 2.42 bits per heavy atom. The number of ether oxygens (including phenoxy) is 1. The third kappa shape index (κ3) is 3.64. The van der Waals surface area contributed by atoms with E-state index >= 15 is 0 Å². The summed E-state index contributed by atoms with van der Waals surface area (Å²) in [4.78, 5) is 25.7. The molecule has 1 aromatic rings. The SMILES string of the molecule is CCCCCNC(=O)N1CCCN1C(=O)C1(c2ccc(OC)cc2)CC1. The van der Waals surface area contributed by atoms with Gasteiger partial charge in [0.2, 0.25) is 0 Å². The Labute approximate surface area is 155 Å². The third-order valence-corrected chi connectivity index (χ3v) is 5.36. The number of carbonyl (C=O) groups excluding carboxylic acids is 2. The van der Waals surface area contributed by atoms with Crippen molar-refractivity contribution in [3.63, 3.8) is 0 Å². The molecule has 26 heavy (non-hydrogen) atoms. The number of nitrogens with one attached hydrogen (secondary N) is 1. The first-order valence-electron chi connectivity index (χ1n) is 9.64. The number of carbonyl (C=O) groups is 2. The molecular formula is C20H29N3O3. The summed E-state index contributed by atoms with van der Waals surface area (Å²) >= 11 is 0. The van der Waals surface area contributed by atoms with Gasteiger partial charge in [-0.2, -0.15) is 0 Å². The monoisotopic (exact) mass is 359 g/mol. The average molecular weight is 359 g/mol. The van der Waals surface area contributed by atoms with E-state index in [9.17, 15) is 9.59 Å². The summed E-state index contributed by atoms with van der Waals surface area (Å²) in [7, 11) is 1.63. The van der Waals surface area contributed by atoms with Crippen LogP contribution < -0.4 is 10.1 Å². The fourth-order valence-electron chi connectivity index (χ4n) is 3.60. The first-order valence-corrected chi connectivity index (χ1v) is 9.64. The molecular weight excluding hydrogens is 330 g/mol. The van der Waals surface area contributed by atoms with Crippen LogP contribution in [0.4, 0.5) is 4.79 Å². The highest BCUT2D eigenvalue weighted by atomic mass is 16.5. The Hall–Kier alpha value is -2.24. The molecule has 1 aliphatic carbocycles. The van der Waals surface area contributed by atoms with E-state index in [2.05, 4.69) is 12.2 Å². The van der Waals surface area contributed by atoms with Gasteiger partial charge in [0.05, 0.1) is 12.5 Å². The van der Waals surface area contributed by atoms with Crippen molar-refractivity contribution in [2.45, 2.75) is 50.9 Å². The zero-order chi connectivity index (χ0) is 18.6. The zero-order valence-corrected chi connectivity index (χ0v) is 15.8. The van der Waals surface area contributed by atoms with Gasteiger partial charge >= 0.3 is 6.03 Å². The molecule has 1 aromatic carbocycles. The summed E-state index contributed by atoms with van der Waals surface area (Å²) in [5.41, 5.74) is 0.538. The molecule has 1 saturated heterocycles. The van der Waals surface area contributed by atoms with E-state index in [1.54, 1.807) is 17.1 Å². The minimum Gasteiger partial charge on any atom is -0.497 e. The highest BCUT2D eigenvalue weighted by Gasteiger charge is 2.54. The third-order valence-electron chi connectivity index (χ3n) is 5.36. The lowest BCUT2D eigenvalue weighted by atomic mass is 9.94. The van der Waals surface area contributed by atoms with Gasteiger partial charge in [0.1, 0.15) is 5.75 Å². The number of hydrazine groups is 1. The van der Waals surface area contributed by atoms with Crippen LogP contribution >= 0.6 is 0 Å². The van der Waals surface area contributed by atoms with E-state index in [0.29, 0.717) is 19.6 Å². The molecule has 0 spiro atoms. The molecule has 0 unspecified atom stereocenters. The number of rotatable bonds is 7. The first kappa shape index (κ1) is 18.5. The molecule has 2 fully saturated rings. The lowest BCUT2D eigenvalue weighted by Gasteiger charge is -2.31. The molecule has 3 rings (SSSR count). The van der Waals surface area contributed by atoms with Crippen molar-refractivity contribution >= 4 is 11.9 Å². The number of hydrogen-bond acceptors (Lipinski definition) is 3. The second kappa shape index (κ2) is 7.98. The average Bonchev–Trinajstić information content (AvgIpc) is 3.34. The van der Waals surface area contributed by atoms with E-state index in [1.165, 1.54) is 0 Å². The van der Waals surface area contributed by atoms with E-state index in [1.807, 2.05) is 24.3 Å². The van der Waals surface area contributed by atoms with Gasteiger partial charge < -0.3 is 10.1 Å². The van der Waals surface area contributed by atoms with E-state index in [-0.39, 0.29) is 11.9 Å².